The molecular weight excluding hydrogens is 252 g/mol. The summed E-state index contributed by atoms with van der Waals surface area (Å²) < 4.78 is 5.42. The third kappa shape index (κ3) is 7.85. The van der Waals surface area contributed by atoms with Gasteiger partial charge in [0.25, 0.3) is 0 Å². The van der Waals surface area contributed by atoms with E-state index in [1.54, 1.807) is 0 Å². The van der Waals surface area contributed by atoms with Gasteiger partial charge in [0, 0.05) is 32.2 Å². The zero-order valence-corrected chi connectivity index (χ0v) is 13.5. The second-order valence-electron chi connectivity index (χ2n) is 6.34. The number of rotatable bonds is 9. The number of nitrogens with zero attached hydrogens (tertiary/aromatic N) is 1. The normalized spacial score (nSPS) is 16.9. The number of ether oxygens (including phenoxy) is 1. The fraction of sp³-hybridized carbons (Fsp3) is 0.938. The summed E-state index contributed by atoms with van der Waals surface area (Å²) in [4.78, 5) is 14.0. The van der Waals surface area contributed by atoms with Crippen molar-refractivity contribution in [1.82, 2.24) is 10.2 Å². The number of amides is 1. The molecule has 1 N–H and O–H groups in total. The van der Waals surface area contributed by atoms with E-state index >= 15 is 0 Å². The smallest absolute Gasteiger partial charge is 0.222 e. The maximum absolute atomic E-state index is 11.6. The first kappa shape index (κ1) is 17.4. The molecule has 1 amide bonds. The van der Waals surface area contributed by atoms with Gasteiger partial charge in [-0.2, -0.15) is 0 Å². The van der Waals surface area contributed by atoms with E-state index in [9.17, 15) is 4.79 Å². The van der Waals surface area contributed by atoms with Gasteiger partial charge in [-0.1, -0.05) is 33.1 Å². The molecule has 0 heterocycles. The van der Waals surface area contributed by atoms with Gasteiger partial charge in [-0.25, -0.2) is 0 Å². The van der Waals surface area contributed by atoms with Gasteiger partial charge in [-0.05, 0) is 25.8 Å². The minimum atomic E-state index is 0.103. The van der Waals surface area contributed by atoms with Gasteiger partial charge in [-0.15, -0.1) is 0 Å². The van der Waals surface area contributed by atoms with E-state index in [0.717, 1.165) is 25.7 Å². The van der Waals surface area contributed by atoms with Crippen molar-refractivity contribution in [2.75, 3.05) is 33.4 Å². The van der Waals surface area contributed by atoms with E-state index in [-0.39, 0.29) is 5.91 Å². The van der Waals surface area contributed by atoms with Crippen LogP contribution in [0, 0.1) is 5.92 Å². The number of likely N-dealkylation sites (N-methyl/N-ethyl adjacent to an activating group) is 1. The van der Waals surface area contributed by atoms with Crippen LogP contribution in [0.2, 0.25) is 0 Å². The molecule has 4 heteroatoms. The maximum Gasteiger partial charge on any atom is 0.222 e. The number of carbonyl (C=O) groups is 1. The van der Waals surface area contributed by atoms with Gasteiger partial charge >= 0.3 is 0 Å². The van der Waals surface area contributed by atoms with Crippen molar-refractivity contribution in [3.63, 3.8) is 0 Å². The van der Waals surface area contributed by atoms with Gasteiger partial charge < -0.3 is 15.0 Å². The Morgan fingerprint density at radius 2 is 2.00 bits per heavy atom. The standard InChI is InChI=1S/C16H32N2O2/c1-14(2)13-20-12-9-16(19)17-10-11-18(3)15-7-5-4-6-8-15/h14-15H,4-13H2,1-3H3,(H,17,19). The lowest BCUT2D eigenvalue weighted by Crippen LogP contribution is -2.39. The Morgan fingerprint density at radius 3 is 2.65 bits per heavy atom. The van der Waals surface area contributed by atoms with E-state index in [0.29, 0.717) is 18.9 Å². The molecule has 4 nitrogen and oxygen atoms in total. The second kappa shape index (κ2) is 10.2. The van der Waals surface area contributed by atoms with Crippen molar-refractivity contribution < 1.29 is 9.53 Å². The lowest BCUT2D eigenvalue weighted by molar-refractivity contribution is -0.122. The quantitative estimate of drug-likeness (QED) is 0.661. The summed E-state index contributed by atoms with van der Waals surface area (Å²) in [5.74, 6) is 0.632. The lowest BCUT2D eigenvalue weighted by atomic mass is 9.94. The van der Waals surface area contributed by atoms with Gasteiger partial charge in [0.15, 0.2) is 0 Å². The van der Waals surface area contributed by atoms with E-state index in [4.69, 9.17) is 4.74 Å². The highest BCUT2D eigenvalue weighted by atomic mass is 16.5. The number of hydrogen-bond acceptors (Lipinski definition) is 3. The first-order valence-electron chi connectivity index (χ1n) is 8.14. The Balaban J connectivity index is 2.00. The largest absolute Gasteiger partial charge is 0.381 e. The van der Waals surface area contributed by atoms with E-state index in [1.165, 1.54) is 32.1 Å². The molecule has 0 aromatic carbocycles. The molecule has 0 bridgehead atoms. The SMILES string of the molecule is CC(C)COCCC(=O)NCCN(C)C1CCCCC1. The number of nitrogens with one attached hydrogen (secondary N) is 1. The van der Waals surface area contributed by atoms with E-state index in [2.05, 4.69) is 31.1 Å². The molecule has 0 spiro atoms. The van der Waals surface area contributed by atoms with Crippen LogP contribution in [0.4, 0.5) is 0 Å². The third-order valence-corrected chi connectivity index (χ3v) is 3.91. The van der Waals surface area contributed by atoms with Gasteiger partial charge in [0.2, 0.25) is 5.91 Å². The lowest BCUT2D eigenvalue weighted by Gasteiger charge is -2.31. The van der Waals surface area contributed by atoms with Crippen LogP contribution < -0.4 is 5.32 Å². The fourth-order valence-corrected chi connectivity index (χ4v) is 2.65. The van der Waals surface area contributed by atoms with Crippen LogP contribution in [-0.4, -0.2) is 50.2 Å². The van der Waals surface area contributed by atoms with Crippen LogP contribution in [0.1, 0.15) is 52.4 Å². The van der Waals surface area contributed by atoms with Gasteiger partial charge in [0.05, 0.1) is 6.61 Å². The highest BCUT2D eigenvalue weighted by Gasteiger charge is 2.17. The molecule has 0 aromatic rings. The molecule has 118 valence electrons. The molecule has 1 aliphatic carbocycles. The molecule has 0 unspecified atom stereocenters. The monoisotopic (exact) mass is 284 g/mol. The van der Waals surface area contributed by atoms with E-state index < -0.39 is 0 Å². The first-order chi connectivity index (χ1) is 9.59. The minimum Gasteiger partial charge on any atom is -0.381 e. The summed E-state index contributed by atoms with van der Waals surface area (Å²) in [5.41, 5.74) is 0. The van der Waals surface area contributed by atoms with Crippen molar-refractivity contribution in [2.45, 2.75) is 58.4 Å². The van der Waals surface area contributed by atoms with Crippen molar-refractivity contribution >= 4 is 5.91 Å². The Labute approximate surface area is 124 Å². The first-order valence-corrected chi connectivity index (χ1v) is 8.14. The summed E-state index contributed by atoms with van der Waals surface area (Å²) in [7, 11) is 2.17. The van der Waals surface area contributed by atoms with Crippen LogP contribution in [0.3, 0.4) is 0 Å². The summed E-state index contributed by atoms with van der Waals surface area (Å²) in [6, 6.07) is 0.718. The average Bonchev–Trinajstić information content (AvgIpc) is 2.44. The Bertz CT molecular complexity index is 263. The molecule has 1 aliphatic rings. The summed E-state index contributed by atoms with van der Waals surface area (Å²) in [5, 5.41) is 2.98. The van der Waals surface area contributed by atoms with Crippen LogP contribution >= 0.6 is 0 Å². The third-order valence-electron chi connectivity index (χ3n) is 3.91. The van der Waals surface area contributed by atoms with E-state index in [1.807, 2.05) is 0 Å². The molecule has 1 rings (SSSR count). The topological polar surface area (TPSA) is 41.6 Å². The molecule has 0 radical (unpaired) electrons. The highest BCUT2D eigenvalue weighted by Crippen LogP contribution is 2.21. The summed E-state index contributed by atoms with van der Waals surface area (Å²) in [6.45, 7) is 7.18. The molecule has 1 saturated carbocycles. The minimum absolute atomic E-state index is 0.103. The Kier molecular flexibility index (Phi) is 8.86. The van der Waals surface area contributed by atoms with Crippen molar-refractivity contribution in [3.8, 4) is 0 Å². The molecule has 1 fully saturated rings. The summed E-state index contributed by atoms with van der Waals surface area (Å²) in [6.07, 6.45) is 7.20. The highest BCUT2D eigenvalue weighted by molar-refractivity contribution is 5.75. The predicted molar refractivity (Wildman–Crippen MR) is 82.8 cm³/mol. The van der Waals surface area contributed by atoms with Gasteiger partial charge in [-0.3, -0.25) is 4.79 Å². The zero-order chi connectivity index (χ0) is 14.8. The number of carbonyl (C=O) groups excluding carboxylic acids is 1. The zero-order valence-electron chi connectivity index (χ0n) is 13.5. The van der Waals surface area contributed by atoms with Crippen LogP contribution in [-0.2, 0) is 9.53 Å². The van der Waals surface area contributed by atoms with Crippen molar-refractivity contribution in [2.24, 2.45) is 5.92 Å². The fourth-order valence-electron chi connectivity index (χ4n) is 2.65. The van der Waals surface area contributed by atoms with Crippen LogP contribution in [0.15, 0.2) is 0 Å². The second-order valence-corrected chi connectivity index (χ2v) is 6.34. The molecule has 20 heavy (non-hydrogen) atoms. The van der Waals surface area contributed by atoms with Crippen molar-refractivity contribution in [1.29, 1.82) is 0 Å². The summed E-state index contributed by atoms with van der Waals surface area (Å²) >= 11 is 0. The van der Waals surface area contributed by atoms with Crippen molar-refractivity contribution in [3.05, 3.63) is 0 Å². The Morgan fingerprint density at radius 1 is 1.30 bits per heavy atom. The predicted octanol–water partition coefficient (Wildman–Crippen LogP) is 2.43. The Hall–Kier alpha value is -0.610. The molecule has 0 aliphatic heterocycles. The average molecular weight is 284 g/mol. The van der Waals surface area contributed by atoms with Crippen LogP contribution in [0.5, 0.6) is 0 Å². The molecule has 0 aromatic heterocycles. The number of hydrogen-bond donors (Lipinski definition) is 1. The van der Waals surface area contributed by atoms with Crippen LogP contribution in [0.25, 0.3) is 0 Å². The van der Waals surface area contributed by atoms with Gasteiger partial charge in [0.1, 0.15) is 0 Å². The molecule has 0 atom stereocenters. The maximum atomic E-state index is 11.6. The molecule has 0 saturated heterocycles. The molecular formula is C16H32N2O2.